The molecule has 1 fully saturated rings. The third-order valence-electron chi connectivity index (χ3n) is 3.91. The molecule has 1 heterocycles. The summed E-state index contributed by atoms with van der Waals surface area (Å²) in [5.41, 5.74) is 0. The van der Waals surface area contributed by atoms with E-state index < -0.39 is 0 Å². The Hall–Kier alpha value is -1.59. The Bertz CT molecular complexity index is 443. The van der Waals surface area contributed by atoms with Crippen LogP contribution in [0.2, 0.25) is 0 Å². The average Bonchev–Trinajstić information content (AvgIpc) is 2.89. The molecule has 1 aliphatic carbocycles. The summed E-state index contributed by atoms with van der Waals surface area (Å²) in [6.45, 7) is 4.59. The van der Waals surface area contributed by atoms with Gasteiger partial charge >= 0.3 is 0 Å². The topological polar surface area (TPSA) is 75.3 Å². The summed E-state index contributed by atoms with van der Waals surface area (Å²) in [4.78, 5) is 8.43. The van der Waals surface area contributed by atoms with E-state index in [0.29, 0.717) is 24.3 Å². The largest absolute Gasteiger partial charge is 0.354 e. The number of aliphatic imine (C=N–C) groups is 1. The van der Waals surface area contributed by atoms with Crippen LogP contribution in [-0.2, 0) is 6.54 Å². The second kappa shape index (κ2) is 7.26. The zero-order chi connectivity index (χ0) is 14.4. The van der Waals surface area contributed by atoms with E-state index in [1.165, 1.54) is 32.1 Å². The number of rotatable bonds is 4. The van der Waals surface area contributed by atoms with Crippen LogP contribution in [-0.4, -0.2) is 29.2 Å². The minimum atomic E-state index is 0.520. The molecule has 1 aliphatic rings. The zero-order valence-electron chi connectivity index (χ0n) is 12.6. The van der Waals surface area contributed by atoms with E-state index >= 15 is 0 Å². The Balaban J connectivity index is 1.80. The van der Waals surface area contributed by atoms with Gasteiger partial charge in [-0.15, -0.1) is 0 Å². The van der Waals surface area contributed by atoms with E-state index in [4.69, 9.17) is 4.52 Å². The van der Waals surface area contributed by atoms with E-state index in [2.05, 4.69) is 32.7 Å². The number of guanidine groups is 1. The zero-order valence-corrected chi connectivity index (χ0v) is 12.6. The van der Waals surface area contributed by atoms with Crippen molar-refractivity contribution in [1.82, 2.24) is 20.8 Å². The fourth-order valence-corrected chi connectivity index (χ4v) is 2.76. The van der Waals surface area contributed by atoms with Gasteiger partial charge in [0.25, 0.3) is 0 Å². The second-order valence-corrected chi connectivity index (χ2v) is 5.44. The molecule has 6 nitrogen and oxygen atoms in total. The SMILES string of the molecule is CCC1CCCC(NC(=NC)NCc2noc(C)n2)C1. The molecule has 0 aromatic carbocycles. The van der Waals surface area contributed by atoms with Crippen molar-refractivity contribution in [1.29, 1.82) is 0 Å². The minimum absolute atomic E-state index is 0.520. The lowest BCUT2D eigenvalue weighted by Crippen LogP contribution is -2.45. The minimum Gasteiger partial charge on any atom is -0.354 e. The molecule has 1 aromatic heterocycles. The van der Waals surface area contributed by atoms with Crippen molar-refractivity contribution >= 4 is 5.96 Å². The first kappa shape index (κ1) is 14.8. The molecule has 1 aromatic rings. The van der Waals surface area contributed by atoms with E-state index in [1.54, 1.807) is 14.0 Å². The summed E-state index contributed by atoms with van der Waals surface area (Å²) >= 11 is 0. The van der Waals surface area contributed by atoms with Gasteiger partial charge in [-0.2, -0.15) is 4.98 Å². The molecule has 0 bridgehead atoms. The van der Waals surface area contributed by atoms with E-state index in [-0.39, 0.29) is 0 Å². The summed E-state index contributed by atoms with van der Waals surface area (Å²) < 4.78 is 4.95. The molecule has 0 aliphatic heterocycles. The van der Waals surface area contributed by atoms with Crippen molar-refractivity contribution < 1.29 is 4.52 Å². The van der Waals surface area contributed by atoms with Crippen molar-refractivity contribution in [3.05, 3.63) is 11.7 Å². The third-order valence-corrected chi connectivity index (χ3v) is 3.91. The lowest BCUT2D eigenvalue weighted by atomic mass is 9.84. The number of hydrogen-bond acceptors (Lipinski definition) is 4. The van der Waals surface area contributed by atoms with Gasteiger partial charge in [0.15, 0.2) is 11.8 Å². The molecule has 0 saturated heterocycles. The summed E-state index contributed by atoms with van der Waals surface area (Å²) in [7, 11) is 1.79. The van der Waals surface area contributed by atoms with Gasteiger partial charge in [0.05, 0.1) is 6.54 Å². The van der Waals surface area contributed by atoms with Crippen molar-refractivity contribution in [3.8, 4) is 0 Å². The molecule has 6 heteroatoms. The third kappa shape index (κ3) is 4.21. The van der Waals surface area contributed by atoms with Crippen LogP contribution in [0, 0.1) is 12.8 Å². The Morgan fingerprint density at radius 2 is 2.30 bits per heavy atom. The fourth-order valence-electron chi connectivity index (χ4n) is 2.76. The summed E-state index contributed by atoms with van der Waals surface area (Å²) in [6, 6.07) is 0.520. The van der Waals surface area contributed by atoms with Crippen molar-refractivity contribution in [2.24, 2.45) is 10.9 Å². The molecule has 20 heavy (non-hydrogen) atoms. The molecule has 0 amide bonds. The van der Waals surface area contributed by atoms with E-state index in [9.17, 15) is 0 Å². The van der Waals surface area contributed by atoms with Crippen LogP contribution in [0.3, 0.4) is 0 Å². The van der Waals surface area contributed by atoms with Crippen LogP contribution < -0.4 is 10.6 Å². The maximum atomic E-state index is 4.95. The Labute approximate surface area is 120 Å². The maximum Gasteiger partial charge on any atom is 0.223 e. The van der Waals surface area contributed by atoms with Crippen molar-refractivity contribution in [2.75, 3.05) is 7.05 Å². The summed E-state index contributed by atoms with van der Waals surface area (Å²) in [5, 5.41) is 10.6. The number of hydrogen-bond donors (Lipinski definition) is 2. The Kier molecular flexibility index (Phi) is 5.38. The van der Waals surface area contributed by atoms with Crippen molar-refractivity contribution in [2.45, 2.75) is 58.5 Å². The first-order valence-electron chi connectivity index (χ1n) is 7.47. The van der Waals surface area contributed by atoms with Crippen LogP contribution in [0.4, 0.5) is 0 Å². The van der Waals surface area contributed by atoms with Gasteiger partial charge in [0, 0.05) is 20.0 Å². The smallest absolute Gasteiger partial charge is 0.223 e. The quantitative estimate of drug-likeness (QED) is 0.651. The van der Waals surface area contributed by atoms with Gasteiger partial charge in [-0.1, -0.05) is 31.3 Å². The van der Waals surface area contributed by atoms with E-state index in [0.717, 1.165) is 11.9 Å². The molecule has 2 atom stereocenters. The predicted octanol–water partition coefficient (Wildman–Crippen LogP) is 2.01. The molecule has 0 spiro atoms. The van der Waals surface area contributed by atoms with Crippen LogP contribution >= 0.6 is 0 Å². The Morgan fingerprint density at radius 3 is 2.95 bits per heavy atom. The highest BCUT2D eigenvalue weighted by Crippen LogP contribution is 2.26. The maximum absolute atomic E-state index is 4.95. The second-order valence-electron chi connectivity index (χ2n) is 5.44. The van der Waals surface area contributed by atoms with Crippen LogP contribution in [0.1, 0.15) is 50.7 Å². The standard InChI is InChI=1S/C14H25N5O/c1-4-11-6-5-7-12(8-11)18-14(15-3)16-9-13-17-10(2)20-19-13/h11-12H,4-9H2,1-3H3,(H2,15,16,18). The van der Waals surface area contributed by atoms with Crippen LogP contribution in [0.15, 0.2) is 9.52 Å². The highest BCUT2D eigenvalue weighted by atomic mass is 16.5. The first-order chi connectivity index (χ1) is 9.71. The normalized spacial score (nSPS) is 23.6. The molecule has 112 valence electrons. The molecule has 2 unspecified atom stereocenters. The van der Waals surface area contributed by atoms with Gasteiger partial charge in [0.2, 0.25) is 5.89 Å². The number of nitrogens with one attached hydrogen (secondary N) is 2. The Morgan fingerprint density at radius 1 is 1.45 bits per heavy atom. The van der Waals surface area contributed by atoms with Gasteiger partial charge < -0.3 is 15.2 Å². The molecular weight excluding hydrogens is 254 g/mol. The van der Waals surface area contributed by atoms with E-state index in [1.807, 2.05) is 0 Å². The van der Waals surface area contributed by atoms with Gasteiger partial charge in [-0.25, -0.2) is 0 Å². The lowest BCUT2D eigenvalue weighted by molar-refractivity contribution is 0.298. The fraction of sp³-hybridized carbons (Fsp3) is 0.786. The van der Waals surface area contributed by atoms with Gasteiger partial charge in [-0.05, 0) is 18.8 Å². The highest BCUT2D eigenvalue weighted by molar-refractivity contribution is 5.79. The molecular formula is C14H25N5O. The molecule has 2 N–H and O–H groups in total. The predicted molar refractivity (Wildman–Crippen MR) is 78.4 cm³/mol. The molecule has 1 saturated carbocycles. The van der Waals surface area contributed by atoms with Gasteiger partial charge in [0.1, 0.15) is 0 Å². The number of aromatic nitrogens is 2. The molecule has 2 rings (SSSR count). The highest BCUT2D eigenvalue weighted by Gasteiger charge is 2.21. The lowest BCUT2D eigenvalue weighted by Gasteiger charge is -2.30. The van der Waals surface area contributed by atoms with Gasteiger partial charge in [-0.3, -0.25) is 4.99 Å². The van der Waals surface area contributed by atoms with Crippen LogP contribution in [0.25, 0.3) is 0 Å². The summed E-state index contributed by atoms with van der Waals surface area (Å²) in [6.07, 6.45) is 6.39. The number of aryl methyl sites for hydroxylation is 1. The number of nitrogens with zero attached hydrogens (tertiary/aromatic N) is 3. The first-order valence-corrected chi connectivity index (χ1v) is 7.47. The van der Waals surface area contributed by atoms with Crippen molar-refractivity contribution in [3.63, 3.8) is 0 Å². The van der Waals surface area contributed by atoms with Crippen LogP contribution in [0.5, 0.6) is 0 Å². The average molecular weight is 279 g/mol. The molecule has 0 radical (unpaired) electrons. The summed E-state index contributed by atoms with van der Waals surface area (Å²) in [5.74, 6) is 2.90. The monoisotopic (exact) mass is 279 g/mol.